The van der Waals surface area contributed by atoms with Crippen LogP contribution in [0.25, 0.3) is 0 Å². The molecule has 0 radical (unpaired) electrons. The third-order valence-electron chi connectivity index (χ3n) is 4.80. The second-order valence-corrected chi connectivity index (χ2v) is 6.95. The van der Waals surface area contributed by atoms with Crippen molar-refractivity contribution in [3.63, 3.8) is 0 Å². The Balaban J connectivity index is 1.24. The summed E-state index contributed by atoms with van der Waals surface area (Å²) < 4.78 is 13.4. The van der Waals surface area contributed by atoms with Crippen molar-refractivity contribution in [2.45, 2.75) is 38.8 Å². The molecule has 29 heavy (non-hydrogen) atoms. The van der Waals surface area contributed by atoms with Crippen LogP contribution in [0.3, 0.4) is 0 Å². The maximum Gasteiger partial charge on any atom is 0.258 e. The van der Waals surface area contributed by atoms with E-state index in [9.17, 15) is 4.79 Å². The Kier molecular flexibility index (Phi) is 6.04. The van der Waals surface area contributed by atoms with Crippen molar-refractivity contribution in [3.8, 4) is 17.2 Å². The molecule has 7 nitrogen and oxygen atoms in total. The van der Waals surface area contributed by atoms with Gasteiger partial charge in [0.05, 0.1) is 6.54 Å². The number of benzene rings is 2. The molecule has 4 rings (SSSR count). The molecule has 1 aliphatic rings. The van der Waals surface area contributed by atoms with Crippen LogP contribution in [0.1, 0.15) is 30.9 Å². The molecule has 0 spiro atoms. The van der Waals surface area contributed by atoms with Gasteiger partial charge in [0, 0.05) is 13.0 Å². The van der Waals surface area contributed by atoms with Crippen molar-refractivity contribution in [2.75, 3.05) is 6.61 Å². The Morgan fingerprint density at radius 3 is 2.52 bits per heavy atom. The highest BCUT2D eigenvalue weighted by atomic mass is 16.5. The lowest BCUT2D eigenvalue weighted by Crippen LogP contribution is -2.29. The molecule has 0 aliphatic carbocycles. The normalized spacial score (nSPS) is 13.2. The van der Waals surface area contributed by atoms with Gasteiger partial charge in [0.25, 0.3) is 5.91 Å². The summed E-state index contributed by atoms with van der Waals surface area (Å²) >= 11 is 0. The van der Waals surface area contributed by atoms with Gasteiger partial charge in [0.15, 0.2) is 12.4 Å². The lowest BCUT2D eigenvalue weighted by atomic mass is 10.2. The molecule has 150 valence electrons. The van der Waals surface area contributed by atoms with E-state index < -0.39 is 0 Å². The summed E-state index contributed by atoms with van der Waals surface area (Å²) in [5.74, 6) is 3.71. The maximum absolute atomic E-state index is 12.1. The average molecular weight is 392 g/mol. The Hall–Kier alpha value is -3.35. The van der Waals surface area contributed by atoms with Crippen LogP contribution in [0, 0.1) is 0 Å². The molecule has 1 aromatic heterocycles. The highest BCUT2D eigenvalue weighted by Gasteiger charge is 2.15. The number of hydrogen-bond acceptors (Lipinski definition) is 5. The second-order valence-electron chi connectivity index (χ2n) is 6.95. The van der Waals surface area contributed by atoms with Gasteiger partial charge in [0.2, 0.25) is 0 Å². The Morgan fingerprint density at radius 1 is 0.931 bits per heavy atom. The molecule has 0 fully saturated rings. The number of aromatic nitrogens is 3. The van der Waals surface area contributed by atoms with Gasteiger partial charge in [-0.1, -0.05) is 24.6 Å². The largest absolute Gasteiger partial charge is 0.484 e. The van der Waals surface area contributed by atoms with Gasteiger partial charge in [0.1, 0.15) is 23.1 Å². The quantitative estimate of drug-likeness (QED) is 0.666. The predicted molar refractivity (Wildman–Crippen MR) is 108 cm³/mol. The minimum Gasteiger partial charge on any atom is -0.484 e. The molecule has 1 amide bonds. The average Bonchev–Trinajstić information content (AvgIpc) is 2.98. The van der Waals surface area contributed by atoms with Crippen molar-refractivity contribution >= 4 is 5.91 Å². The van der Waals surface area contributed by atoms with Gasteiger partial charge in [-0.05, 0) is 49.2 Å². The summed E-state index contributed by atoms with van der Waals surface area (Å²) in [5.41, 5.74) is 0. The first-order valence-electron chi connectivity index (χ1n) is 9.91. The highest BCUT2D eigenvalue weighted by molar-refractivity contribution is 5.77. The van der Waals surface area contributed by atoms with Crippen LogP contribution in [0.15, 0.2) is 54.6 Å². The van der Waals surface area contributed by atoms with Gasteiger partial charge < -0.3 is 19.4 Å². The van der Waals surface area contributed by atoms with Gasteiger partial charge in [-0.2, -0.15) is 0 Å². The number of carbonyl (C=O) groups excluding carboxylic acids is 1. The van der Waals surface area contributed by atoms with Crippen LogP contribution in [-0.2, 0) is 24.3 Å². The lowest BCUT2D eigenvalue weighted by molar-refractivity contribution is -0.123. The van der Waals surface area contributed by atoms with E-state index in [1.54, 1.807) is 12.1 Å². The zero-order valence-corrected chi connectivity index (χ0v) is 16.2. The summed E-state index contributed by atoms with van der Waals surface area (Å²) in [6.45, 7) is 1.22. The Bertz CT molecular complexity index is 938. The summed E-state index contributed by atoms with van der Waals surface area (Å²) in [4.78, 5) is 12.1. The van der Waals surface area contributed by atoms with Crippen molar-refractivity contribution in [2.24, 2.45) is 0 Å². The predicted octanol–water partition coefficient (Wildman–Crippen LogP) is 3.49. The molecular weight excluding hydrogens is 368 g/mol. The Labute approximate surface area is 169 Å². The SMILES string of the molecule is O=C(COc1ccc(Oc2ccccc2)cc1)NCc1nnc2n1CCCCC2. The topological polar surface area (TPSA) is 78.3 Å². The van der Waals surface area contributed by atoms with Gasteiger partial charge in [-0.3, -0.25) is 4.79 Å². The molecule has 0 atom stereocenters. The summed E-state index contributed by atoms with van der Waals surface area (Å²) in [6.07, 6.45) is 4.43. The fraction of sp³-hybridized carbons (Fsp3) is 0.318. The van der Waals surface area contributed by atoms with Gasteiger partial charge in [-0.25, -0.2) is 0 Å². The highest BCUT2D eigenvalue weighted by Crippen LogP contribution is 2.23. The molecule has 1 N–H and O–H groups in total. The first kappa shape index (κ1) is 19.0. The third kappa shape index (κ3) is 5.13. The van der Waals surface area contributed by atoms with E-state index in [1.165, 1.54) is 6.42 Å². The fourth-order valence-corrected chi connectivity index (χ4v) is 3.28. The van der Waals surface area contributed by atoms with E-state index in [2.05, 4.69) is 20.1 Å². The van der Waals surface area contributed by atoms with Crippen molar-refractivity contribution < 1.29 is 14.3 Å². The molecule has 0 unspecified atom stereocenters. The molecule has 1 aliphatic heterocycles. The minimum atomic E-state index is -0.194. The molecule has 3 aromatic rings. The number of aryl methyl sites for hydroxylation is 1. The number of ether oxygens (including phenoxy) is 2. The van der Waals surface area contributed by atoms with E-state index >= 15 is 0 Å². The van der Waals surface area contributed by atoms with Crippen LogP contribution in [-0.4, -0.2) is 27.3 Å². The summed E-state index contributed by atoms with van der Waals surface area (Å²) in [6, 6.07) is 16.7. The smallest absolute Gasteiger partial charge is 0.258 e. The molecule has 0 saturated carbocycles. The number of carbonyl (C=O) groups is 1. The number of nitrogens with one attached hydrogen (secondary N) is 1. The van der Waals surface area contributed by atoms with Crippen LogP contribution in [0.4, 0.5) is 0 Å². The zero-order valence-electron chi connectivity index (χ0n) is 16.2. The maximum atomic E-state index is 12.1. The standard InChI is InChI=1S/C22H24N4O3/c27-22(23-15-21-25-24-20-9-5-2-6-14-26(20)21)16-28-17-10-12-19(13-11-17)29-18-7-3-1-4-8-18/h1,3-4,7-8,10-13H,2,5-6,9,14-16H2,(H,23,27). The third-order valence-corrected chi connectivity index (χ3v) is 4.80. The molecule has 2 aromatic carbocycles. The summed E-state index contributed by atoms with van der Waals surface area (Å²) in [5, 5.41) is 11.3. The van der Waals surface area contributed by atoms with Crippen LogP contribution >= 0.6 is 0 Å². The van der Waals surface area contributed by atoms with E-state index in [0.717, 1.165) is 43.2 Å². The minimum absolute atomic E-state index is 0.0557. The number of amides is 1. The number of para-hydroxylation sites is 1. The van der Waals surface area contributed by atoms with E-state index in [1.807, 2.05) is 42.5 Å². The first-order chi connectivity index (χ1) is 14.3. The molecule has 0 saturated heterocycles. The van der Waals surface area contributed by atoms with Crippen molar-refractivity contribution in [3.05, 3.63) is 66.2 Å². The number of rotatable bonds is 7. The summed E-state index contributed by atoms with van der Waals surface area (Å²) in [7, 11) is 0. The van der Waals surface area contributed by atoms with Gasteiger partial charge >= 0.3 is 0 Å². The monoisotopic (exact) mass is 392 g/mol. The van der Waals surface area contributed by atoms with Gasteiger partial charge in [-0.15, -0.1) is 10.2 Å². The number of nitrogens with zero attached hydrogens (tertiary/aromatic N) is 3. The number of fused-ring (bicyclic) bond motifs is 1. The van der Waals surface area contributed by atoms with Crippen molar-refractivity contribution in [1.29, 1.82) is 0 Å². The molecular formula is C22H24N4O3. The first-order valence-corrected chi connectivity index (χ1v) is 9.91. The Morgan fingerprint density at radius 2 is 1.69 bits per heavy atom. The van der Waals surface area contributed by atoms with Crippen LogP contribution in [0.2, 0.25) is 0 Å². The molecule has 2 heterocycles. The molecule has 0 bridgehead atoms. The van der Waals surface area contributed by atoms with E-state index in [0.29, 0.717) is 18.0 Å². The lowest BCUT2D eigenvalue weighted by Gasteiger charge is -2.10. The zero-order chi connectivity index (χ0) is 19.9. The molecule has 7 heteroatoms. The number of hydrogen-bond donors (Lipinski definition) is 1. The second kappa shape index (κ2) is 9.23. The van der Waals surface area contributed by atoms with Crippen LogP contribution < -0.4 is 14.8 Å². The fourth-order valence-electron chi connectivity index (χ4n) is 3.28. The van der Waals surface area contributed by atoms with Crippen molar-refractivity contribution in [1.82, 2.24) is 20.1 Å². The van der Waals surface area contributed by atoms with E-state index in [-0.39, 0.29) is 12.5 Å². The van der Waals surface area contributed by atoms with E-state index in [4.69, 9.17) is 9.47 Å². The van der Waals surface area contributed by atoms with Crippen LogP contribution in [0.5, 0.6) is 17.2 Å².